The number of rotatable bonds is 7. The number of ether oxygens (including phenoxy) is 3. The van der Waals surface area contributed by atoms with Crippen molar-refractivity contribution < 1.29 is 23.8 Å². The molecule has 2 aromatic heterocycles. The minimum atomic E-state index is -0.756. The number of anilines is 1. The van der Waals surface area contributed by atoms with Crippen molar-refractivity contribution in [2.75, 3.05) is 26.6 Å². The van der Waals surface area contributed by atoms with Crippen LogP contribution in [0.2, 0.25) is 0 Å². The lowest BCUT2D eigenvalue weighted by molar-refractivity contribution is -0.117. The molecule has 1 aromatic carbocycles. The van der Waals surface area contributed by atoms with Crippen LogP contribution in [0.15, 0.2) is 23.7 Å². The molecule has 10 heteroatoms. The Balaban J connectivity index is 1.82. The molecule has 2 amide bonds. The maximum Gasteiger partial charge on any atom is 0.268 e. The van der Waals surface area contributed by atoms with Crippen LogP contribution in [0.1, 0.15) is 17.4 Å². The standard InChI is InChI=1S/C18H20N4O5S/c1-9(16(23)22-18-19-5-6-28-18)20-17(24)11-7-10-8-12(25-2)14(26-3)15(27-4)13(10)21-11/h5-9,21H,1-4H3,(H,20,24)(H,19,22,23). The van der Waals surface area contributed by atoms with Crippen LogP contribution in [0.5, 0.6) is 17.2 Å². The van der Waals surface area contributed by atoms with Crippen LogP contribution in [0, 0.1) is 0 Å². The van der Waals surface area contributed by atoms with Crippen molar-refractivity contribution in [3.8, 4) is 17.2 Å². The Bertz CT molecular complexity index is 999. The smallest absolute Gasteiger partial charge is 0.268 e. The number of aromatic nitrogens is 2. The first-order valence-corrected chi connectivity index (χ1v) is 9.19. The number of H-pyrrole nitrogens is 1. The second-order valence-electron chi connectivity index (χ2n) is 5.81. The molecule has 0 spiro atoms. The van der Waals surface area contributed by atoms with Crippen molar-refractivity contribution in [2.45, 2.75) is 13.0 Å². The fourth-order valence-electron chi connectivity index (χ4n) is 2.71. The summed E-state index contributed by atoms with van der Waals surface area (Å²) in [5, 5.41) is 8.23. The maximum absolute atomic E-state index is 12.6. The first-order chi connectivity index (χ1) is 13.5. The molecule has 0 saturated carbocycles. The Labute approximate surface area is 165 Å². The molecule has 0 aliphatic rings. The van der Waals surface area contributed by atoms with E-state index in [0.717, 1.165) is 0 Å². The number of amides is 2. The summed E-state index contributed by atoms with van der Waals surface area (Å²) in [7, 11) is 4.53. The summed E-state index contributed by atoms with van der Waals surface area (Å²) in [4.78, 5) is 31.8. The predicted octanol–water partition coefficient (Wildman–Crippen LogP) is 2.41. The first-order valence-electron chi connectivity index (χ1n) is 8.31. The number of aromatic amines is 1. The van der Waals surface area contributed by atoms with Gasteiger partial charge in [0.1, 0.15) is 11.7 Å². The summed E-state index contributed by atoms with van der Waals surface area (Å²) in [5.74, 6) is 0.528. The molecule has 0 fully saturated rings. The van der Waals surface area contributed by atoms with E-state index in [9.17, 15) is 9.59 Å². The fourth-order valence-corrected chi connectivity index (χ4v) is 3.24. The van der Waals surface area contributed by atoms with Gasteiger partial charge >= 0.3 is 0 Å². The van der Waals surface area contributed by atoms with Gasteiger partial charge in [-0.1, -0.05) is 0 Å². The van der Waals surface area contributed by atoms with E-state index in [2.05, 4.69) is 20.6 Å². The Morgan fingerprint density at radius 1 is 1.14 bits per heavy atom. The highest BCUT2D eigenvalue weighted by Crippen LogP contribution is 2.43. The molecule has 2 heterocycles. The zero-order valence-electron chi connectivity index (χ0n) is 15.8. The van der Waals surface area contributed by atoms with Gasteiger partial charge in [0.25, 0.3) is 5.91 Å². The van der Waals surface area contributed by atoms with Gasteiger partial charge < -0.3 is 29.8 Å². The quantitative estimate of drug-likeness (QED) is 0.557. The van der Waals surface area contributed by atoms with Gasteiger partial charge in [0.05, 0.1) is 26.8 Å². The van der Waals surface area contributed by atoms with Crippen LogP contribution in [0.4, 0.5) is 5.13 Å². The van der Waals surface area contributed by atoms with Gasteiger partial charge in [-0.15, -0.1) is 11.3 Å². The highest BCUT2D eigenvalue weighted by atomic mass is 32.1. The van der Waals surface area contributed by atoms with Gasteiger partial charge in [0, 0.05) is 17.0 Å². The SMILES string of the molecule is COc1cc2cc(C(=O)NC(C)C(=O)Nc3nccs3)[nH]c2c(OC)c1OC. The van der Waals surface area contributed by atoms with Crippen LogP contribution in [-0.2, 0) is 4.79 Å². The molecule has 0 aliphatic heterocycles. The first kappa shape index (κ1) is 19.5. The molecule has 0 bridgehead atoms. The third-order valence-electron chi connectivity index (χ3n) is 4.07. The highest BCUT2D eigenvalue weighted by molar-refractivity contribution is 7.13. The van der Waals surface area contributed by atoms with Gasteiger partial charge in [-0.25, -0.2) is 4.98 Å². The minimum Gasteiger partial charge on any atom is -0.493 e. The maximum atomic E-state index is 12.6. The highest BCUT2D eigenvalue weighted by Gasteiger charge is 2.22. The average molecular weight is 404 g/mol. The van der Waals surface area contributed by atoms with Crippen molar-refractivity contribution in [3.05, 3.63) is 29.4 Å². The van der Waals surface area contributed by atoms with Crippen LogP contribution in [0.25, 0.3) is 10.9 Å². The van der Waals surface area contributed by atoms with E-state index >= 15 is 0 Å². The summed E-state index contributed by atoms with van der Waals surface area (Å²) in [6, 6.07) is 2.64. The number of thiazole rings is 1. The van der Waals surface area contributed by atoms with Gasteiger partial charge in [-0.3, -0.25) is 9.59 Å². The normalized spacial score (nSPS) is 11.7. The number of nitrogens with zero attached hydrogens (tertiary/aromatic N) is 1. The summed E-state index contributed by atoms with van der Waals surface area (Å²) < 4.78 is 16.1. The second-order valence-corrected chi connectivity index (χ2v) is 6.71. The molecule has 1 unspecified atom stereocenters. The fraction of sp³-hybridized carbons (Fsp3) is 0.278. The molecular formula is C18H20N4O5S. The summed E-state index contributed by atoms with van der Waals surface area (Å²) in [6.45, 7) is 1.59. The van der Waals surface area contributed by atoms with Gasteiger partial charge in [-0.05, 0) is 19.1 Å². The largest absolute Gasteiger partial charge is 0.493 e. The van der Waals surface area contributed by atoms with E-state index in [1.165, 1.54) is 32.7 Å². The molecule has 3 aromatic rings. The van der Waals surface area contributed by atoms with Crippen molar-refractivity contribution in [1.29, 1.82) is 0 Å². The van der Waals surface area contributed by atoms with Crippen molar-refractivity contribution >= 4 is 39.2 Å². The Morgan fingerprint density at radius 2 is 1.89 bits per heavy atom. The number of carbonyl (C=O) groups excluding carboxylic acids is 2. The van der Waals surface area contributed by atoms with Gasteiger partial charge in [0.2, 0.25) is 11.7 Å². The number of fused-ring (bicyclic) bond motifs is 1. The van der Waals surface area contributed by atoms with E-state index in [4.69, 9.17) is 14.2 Å². The molecule has 3 N–H and O–H groups in total. The average Bonchev–Trinajstić information content (AvgIpc) is 3.35. The van der Waals surface area contributed by atoms with Crippen LogP contribution >= 0.6 is 11.3 Å². The number of benzene rings is 1. The van der Waals surface area contributed by atoms with Crippen molar-refractivity contribution in [3.63, 3.8) is 0 Å². The van der Waals surface area contributed by atoms with Crippen molar-refractivity contribution in [1.82, 2.24) is 15.3 Å². The monoisotopic (exact) mass is 404 g/mol. The number of hydrogen-bond acceptors (Lipinski definition) is 7. The summed E-state index contributed by atoms with van der Waals surface area (Å²) in [5.41, 5.74) is 0.864. The summed E-state index contributed by atoms with van der Waals surface area (Å²) in [6.07, 6.45) is 1.59. The molecule has 3 rings (SSSR count). The van der Waals surface area contributed by atoms with E-state index < -0.39 is 11.9 Å². The van der Waals surface area contributed by atoms with E-state index in [1.807, 2.05) is 0 Å². The Morgan fingerprint density at radius 3 is 2.50 bits per heavy atom. The zero-order chi connectivity index (χ0) is 20.3. The minimum absolute atomic E-state index is 0.275. The van der Waals surface area contributed by atoms with Crippen LogP contribution in [-0.4, -0.2) is 49.2 Å². The lowest BCUT2D eigenvalue weighted by Crippen LogP contribution is -2.41. The predicted molar refractivity (Wildman–Crippen MR) is 106 cm³/mol. The van der Waals surface area contributed by atoms with E-state index in [-0.39, 0.29) is 11.6 Å². The van der Waals surface area contributed by atoms with Crippen LogP contribution in [0.3, 0.4) is 0 Å². The van der Waals surface area contributed by atoms with Crippen LogP contribution < -0.4 is 24.8 Å². The molecule has 0 radical (unpaired) electrons. The number of methoxy groups -OCH3 is 3. The second kappa shape index (κ2) is 8.17. The molecule has 148 valence electrons. The van der Waals surface area contributed by atoms with E-state index in [0.29, 0.717) is 33.3 Å². The van der Waals surface area contributed by atoms with E-state index in [1.54, 1.807) is 30.6 Å². The number of hydrogen-bond donors (Lipinski definition) is 3. The molecule has 0 saturated heterocycles. The van der Waals surface area contributed by atoms with Gasteiger partial charge in [0.15, 0.2) is 16.6 Å². The Kier molecular flexibility index (Phi) is 5.69. The molecule has 1 atom stereocenters. The number of carbonyl (C=O) groups is 2. The van der Waals surface area contributed by atoms with Crippen molar-refractivity contribution in [2.24, 2.45) is 0 Å². The molecular weight excluding hydrogens is 384 g/mol. The van der Waals surface area contributed by atoms with Gasteiger partial charge in [-0.2, -0.15) is 0 Å². The Hall–Kier alpha value is -3.27. The topological polar surface area (TPSA) is 115 Å². The molecule has 9 nitrogen and oxygen atoms in total. The lowest BCUT2D eigenvalue weighted by atomic mass is 10.2. The molecule has 28 heavy (non-hydrogen) atoms. The zero-order valence-corrected chi connectivity index (χ0v) is 16.6. The third kappa shape index (κ3) is 3.72. The summed E-state index contributed by atoms with van der Waals surface area (Å²) >= 11 is 1.30. The lowest BCUT2D eigenvalue weighted by Gasteiger charge is -2.13. The number of nitrogens with one attached hydrogen (secondary N) is 3. The molecule has 0 aliphatic carbocycles. The third-order valence-corrected chi connectivity index (χ3v) is 4.76.